The molecule has 23 nitrogen and oxygen atoms in total. The molecule has 0 amide bonds. The van der Waals surface area contributed by atoms with E-state index in [1.165, 1.54) is 47.4 Å². The van der Waals surface area contributed by atoms with Crippen molar-refractivity contribution in [3.63, 3.8) is 0 Å². The lowest BCUT2D eigenvalue weighted by atomic mass is 10.1. The van der Waals surface area contributed by atoms with Crippen LogP contribution in [0.4, 0.5) is 78.6 Å². The van der Waals surface area contributed by atoms with Crippen LogP contribution >= 0.6 is 70.2 Å². The van der Waals surface area contributed by atoms with Crippen LogP contribution in [0.15, 0.2) is 338 Å². The SMILES string of the molecule is Nc1nc(Nc2cc(Cl)c(Sc3ccncc3)c(Cl)c2)cc(-c2cccnc2)n1.Nc1nc(Nc2ccc(Sc3ccncc3)c(F)c2)cc(-c2ccccc2)n1.Nc1nc(Nc2ccc(Sc3ccncc3)c(F)c2)cc(-c2cccnc2)n1.Nc1nc(Nc2ccc(Sc3ccncc3)cc2)cc(-c2cccnc2)n1. The standard InChI is InChI=1S/C21H16FN5S.C20H14Cl2N6S.C20H15FN6S.C20H16N6S/c22-17-12-15(6-7-19(17)28-16-8-10-24-11-9-16)25-20-13-18(26-21(23)27-20)14-4-2-1-3-5-14;21-15-8-13(9-16(22)19(15)29-14-3-6-24-7-4-14)26-18-10-17(27-20(23)28-18)12-2-1-5-25-11-12;21-16-10-14(3-4-18(16)28-15-5-8-23-9-6-15)25-19-11-17(26-20(22)27-19)13-2-1-7-24-12-13;21-20-25-18(14-2-1-9-23-13-14)12-19(26-20)24-15-3-5-16(6-4-15)27-17-7-10-22-11-8-17/h1-13H,(H3,23,25,26,27);1-11H,(H3,23,26,27,28);1-12H,(H3,22,25,26,27);1-13H,(H3,21,24,25,26). The highest BCUT2D eigenvalue weighted by molar-refractivity contribution is 8.00. The molecular formula is C81H61Cl2F2N23S4. The van der Waals surface area contributed by atoms with Gasteiger partial charge < -0.3 is 44.2 Å². The van der Waals surface area contributed by atoms with E-state index in [1.54, 1.807) is 153 Å². The number of nitrogens with two attached hydrogens (primary N) is 4. The Morgan fingerprint density at radius 2 is 0.580 bits per heavy atom. The maximum atomic E-state index is 14.5. The number of hydrogen-bond donors (Lipinski definition) is 8. The summed E-state index contributed by atoms with van der Waals surface area (Å²) >= 11 is 18.8. The average Bonchev–Trinajstić information content (AvgIpc) is 0.837. The summed E-state index contributed by atoms with van der Waals surface area (Å²) in [5.74, 6) is 2.11. The molecule has 552 valence electrons. The van der Waals surface area contributed by atoms with Crippen molar-refractivity contribution in [3.8, 4) is 45.0 Å². The number of nitrogen functional groups attached to an aromatic ring is 4. The van der Waals surface area contributed by atoms with Crippen molar-refractivity contribution in [2.75, 3.05) is 44.2 Å². The van der Waals surface area contributed by atoms with E-state index in [1.807, 2.05) is 133 Å². The van der Waals surface area contributed by atoms with Gasteiger partial charge in [-0.25, -0.2) is 28.7 Å². The van der Waals surface area contributed by atoms with Crippen LogP contribution in [0.2, 0.25) is 10.0 Å². The number of pyridine rings is 7. The van der Waals surface area contributed by atoms with E-state index in [9.17, 15) is 8.78 Å². The predicted molar refractivity (Wildman–Crippen MR) is 443 cm³/mol. The molecule has 0 aliphatic heterocycles. The van der Waals surface area contributed by atoms with E-state index in [4.69, 9.17) is 46.1 Å². The van der Waals surface area contributed by atoms with Crippen LogP contribution in [0.3, 0.4) is 0 Å². The Bertz CT molecular complexity index is 5580. The van der Waals surface area contributed by atoms with Gasteiger partial charge in [-0.3, -0.25) is 34.9 Å². The molecule has 0 saturated carbocycles. The molecule has 112 heavy (non-hydrogen) atoms. The average molecular weight is 1590 g/mol. The summed E-state index contributed by atoms with van der Waals surface area (Å²) in [7, 11) is 0. The highest BCUT2D eigenvalue weighted by Crippen LogP contribution is 2.42. The third-order valence-electron chi connectivity index (χ3n) is 15.2. The maximum absolute atomic E-state index is 14.5. The zero-order valence-corrected chi connectivity index (χ0v) is 63.2. The number of benzene rings is 5. The molecule has 0 fully saturated rings. The van der Waals surface area contributed by atoms with Gasteiger partial charge in [0.15, 0.2) is 0 Å². The minimum Gasteiger partial charge on any atom is -0.368 e. The number of nitrogens with zero attached hydrogens (tertiary/aromatic N) is 15. The van der Waals surface area contributed by atoms with Gasteiger partial charge in [-0.15, -0.1) is 0 Å². The normalized spacial score (nSPS) is 10.6. The molecule has 0 atom stereocenters. The predicted octanol–water partition coefficient (Wildman–Crippen LogP) is 19.8. The lowest BCUT2D eigenvalue weighted by molar-refractivity contribution is 0.602. The van der Waals surface area contributed by atoms with Gasteiger partial charge in [0.05, 0.1) is 32.8 Å². The first kappa shape index (κ1) is 76.9. The van der Waals surface area contributed by atoms with Crippen molar-refractivity contribution in [2.24, 2.45) is 0 Å². The monoisotopic (exact) mass is 1590 g/mol. The van der Waals surface area contributed by atoms with Crippen molar-refractivity contribution in [3.05, 3.63) is 321 Å². The fraction of sp³-hybridized carbons (Fsp3) is 0. The second kappa shape index (κ2) is 38.2. The molecule has 0 spiro atoms. The number of hydrogen-bond acceptors (Lipinski definition) is 27. The quantitative estimate of drug-likeness (QED) is 0.0351. The van der Waals surface area contributed by atoms with Crippen LogP contribution < -0.4 is 44.2 Å². The molecule has 0 saturated heterocycles. The van der Waals surface area contributed by atoms with Crippen LogP contribution in [0.5, 0.6) is 0 Å². The first-order valence-electron chi connectivity index (χ1n) is 33.6. The van der Waals surface area contributed by atoms with E-state index in [-0.39, 0.29) is 35.4 Å². The summed E-state index contributed by atoms with van der Waals surface area (Å²) in [5.41, 5.74) is 32.3. The van der Waals surface area contributed by atoms with Crippen molar-refractivity contribution in [2.45, 2.75) is 39.2 Å². The van der Waals surface area contributed by atoms with Gasteiger partial charge in [0.1, 0.15) is 34.9 Å². The minimum absolute atomic E-state index is 0.120. The van der Waals surface area contributed by atoms with Gasteiger partial charge in [0.2, 0.25) is 23.8 Å². The molecule has 0 radical (unpaired) electrons. The Kier molecular flexibility index (Phi) is 26.2. The Hall–Kier alpha value is -13.3. The minimum atomic E-state index is -0.332. The summed E-state index contributed by atoms with van der Waals surface area (Å²) in [5, 5.41) is 13.7. The first-order chi connectivity index (χ1) is 54.7. The lowest BCUT2D eigenvalue weighted by Gasteiger charge is -2.12. The van der Waals surface area contributed by atoms with Crippen molar-refractivity contribution >= 4 is 140 Å². The molecule has 16 rings (SSSR count). The fourth-order valence-corrected chi connectivity index (χ4v) is 14.2. The van der Waals surface area contributed by atoms with E-state index < -0.39 is 0 Å². The third kappa shape index (κ3) is 22.4. The van der Waals surface area contributed by atoms with Crippen LogP contribution in [0.1, 0.15) is 0 Å². The molecule has 12 N–H and O–H groups in total. The Labute approximate surface area is 668 Å². The van der Waals surface area contributed by atoms with Gasteiger partial charge in [0, 0.05) is 195 Å². The number of rotatable bonds is 20. The lowest BCUT2D eigenvalue weighted by Crippen LogP contribution is -2.02. The van der Waals surface area contributed by atoms with E-state index in [0.717, 1.165) is 63.0 Å². The highest BCUT2D eigenvalue weighted by atomic mass is 35.5. The summed E-state index contributed by atoms with van der Waals surface area (Å²) < 4.78 is 29.0. The maximum Gasteiger partial charge on any atom is 0.222 e. The summed E-state index contributed by atoms with van der Waals surface area (Å²) in [6, 6.07) is 64.7. The zero-order valence-electron chi connectivity index (χ0n) is 58.5. The van der Waals surface area contributed by atoms with Crippen LogP contribution in [0, 0.1) is 11.6 Å². The smallest absolute Gasteiger partial charge is 0.222 e. The molecule has 0 bridgehead atoms. The molecule has 31 heteroatoms. The van der Waals surface area contributed by atoms with Gasteiger partial charge in [-0.05, 0) is 158 Å². The van der Waals surface area contributed by atoms with Crippen molar-refractivity contribution < 1.29 is 8.78 Å². The van der Waals surface area contributed by atoms with Crippen molar-refractivity contribution in [1.29, 1.82) is 0 Å². The van der Waals surface area contributed by atoms with Gasteiger partial charge in [-0.1, -0.05) is 101 Å². The molecule has 0 unspecified atom stereocenters. The largest absolute Gasteiger partial charge is 0.368 e. The van der Waals surface area contributed by atoms with E-state index in [0.29, 0.717) is 77.3 Å². The molecule has 11 aromatic heterocycles. The molecule has 0 aliphatic carbocycles. The zero-order chi connectivity index (χ0) is 77.4. The summed E-state index contributed by atoms with van der Waals surface area (Å²) in [4.78, 5) is 69.2. The van der Waals surface area contributed by atoms with Gasteiger partial charge in [0.25, 0.3) is 0 Å². The van der Waals surface area contributed by atoms with Crippen LogP contribution in [-0.4, -0.2) is 74.8 Å². The topological polar surface area (TPSA) is 346 Å². The number of aromatic nitrogens is 15. The van der Waals surface area contributed by atoms with Crippen LogP contribution in [0.25, 0.3) is 45.0 Å². The van der Waals surface area contributed by atoms with Gasteiger partial charge in [-0.2, -0.15) is 19.9 Å². The highest BCUT2D eigenvalue weighted by Gasteiger charge is 2.16. The van der Waals surface area contributed by atoms with E-state index in [2.05, 4.69) is 108 Å². The van der Waals surface area contributed by atoms with Crippen molar-refractivity contribution in [1.82, 2.24) is 74.8 Å². The fourth-order valence-electron chi connectivity index (χ4n) is 10.2. The number of halogens is 4. The van der Waals surface area contributed by atoms with Gasteiger partial charge >= 0.3 is 0 Å². The van der Waals surface area contributed by atoms with Crippen LogP contribution in [-0.2, 0) is 0 Å². The first-order valence-corrected chi connectivity index (χ1v) is 37.6. The summed E-state index contributed by atoms with van der Waals surface area (Å²) in [6.07, 6.45) is 24.0. The second-order valence-corrected chi connectivity index (χ2v) is 28.6. The number of nitrogens with one attached hydrogen (secondary N) is 4. The molecule has 11 heterocycles. The van der Waals surface area contributed by atoms with E-state index >= 15 is 0 Å². The molecule has 0 aliphatic rings. The number of anilines is 12. The molecule has 16 aromatic rings. The second-order valence-electron chi connectivity index (χ2n) is 23.3. The third-order valence-corrected chi connectivity index (χ3v) is 20.3. The Balaban J connectivity index is 0.000000131. The summed E-state index contributed by atoms with van der Waals surface area (Å²) in [6.45, 7) is 0. The Morgan fingerprint density at radius 1 is 0.268 bits per heavy atom. The Morgan fingerprint density at radius 3 is 0.938 bits per heavy atom. The molecule has 5 aromatic carbocycles. The molecular weight excluding hydrogens is 1530 g/mol.